The minimum Gasteiger partial charge on any atom is -0.365 e. The van der Waals surface area contributed by atoms with Crippen LogP contribution in [0.2, 0.25) is 0 Å². The largest absolute Gasteiger partial charge is 0.365 e. The molecule has 7 nitrogen and oxygen atoms in total. The number of hydrogen-bond acceptors (Lipinski definition) is 7. The second kappa shape index (κ2) is 3.07. The smallest absolute Gasteiger partial charge is 0.324 e. The van der Waals surface area contributed by atoms with E-state index in [9.17, 15) is 10.1 Å². The molecule has 0 saturated heterocycles. The van der Waals surface area contributed by atoms with Gasteiger partial charge in [-0.25, -0.2) is 0 Å². The number of nitrogens with zero attached hydrogens (tertiary/aromatic N) is 3. The van der Waals surface area contributed by atoms with E-state index in [1.165, 1.54) is 12.1 Å². The van der Waals surface area contributed by atoms with Crippen molar-refractivity contribution < 1.29 is 9.45 Å². The Morgan fingerprint density at radius 2 is 2.36 bits per heavy atom. The lowest BCUT2D eigenvalue weighted by Gasteiger charge is -1.82. The molecule has 0 spiro atoms. The van der Waals surface area contributed by atoms with Crippen molar-refractivity contribution in [2.75, 3.05) is 5.73 Å². The molecule has 8 heteroatoms. The Labute approximate surface area is 81.3 Å². The highest BCUT2D eigenvalue weighted by molar-refractivity contribution is 7.18. The standard InChI is InChI=1S/C6H4N4O3S/c7-6-8-5(13-9-6)3-1-2-4(14-3)10(11)12/h1-2H,(H2,7,9). The second-order valence-electron chi connectivity index (χ2n) is 2.35. The molecule has 0 radical (unpaired) electrons. The summed E-state index contributed by atoms with van der Waals surface area (Å²) in [4.78, 5) is 14.2. The quantitative estimate of drug-likeness (QED) is 0.593. The average Bonchev–Trinajstić information content (AvgIpc) is 2.70. The SMILES string of the molecule is Nc1noc(-c2ccc([N+](=O)[O-])s2)n1. The van der Waals surface area contributed by atoms with Gasteiger partial charge in [0.05, 0.1) is 9.80 Å². The molecule has 0 amide bonds. The Morgan fingerprint density at radius 3 is 2.86 bits per heavy atom. The van der Waals surface area contributed by atoms with E-state index in [-0.39, 0.29) is 16.8 Å². The van der Waals surface area contributed by atoms with Gasteiger partial charge in [0.1, 0.15) is 0 Å². The summed E-state index contributed by atoms with van der Waals surface area (Å²) in [5, 5.41) is 13.8. The van der Waals surface area contributed by atoms with E-state index >= 15 is 0 Å². The first-order valence-corrected chi connectivity index (χ1v) is 4.32. The van der Waals surface area contributed by atoms with Gasteiger partial charge in [0.2, 0.25) is 0 Å². The maximum Gasteiger partial charge on any atom is 0.324 e. The van der Waals surface area contributed by atoms with Crippen LogP contribution in [0.15, 0.2) is 16.7 Å². The summed E-state index contributed by atoms with van der Waals surface area (Å²) in [7, 11) is 0. The molecule has 2 rings (SSSR count). The molecule has 2 heterocycles. The number of rotatable bonds is 2. The Morgan fingerprint density at radius 1 is 1.57 bits per heavy atom. The molecule has 0 fully saturated rings. The summed E-state index contributed by atoms with van der Waals surface area (Å²) in [6.07, 6.45) is 0. The van der Waals surface area contributed by atoms with Crippen LogP contribution in [0.4, 0.5) is 10.9 Å². The first kappa shape index (κ1) is 8.63. The molecule has 0 atom stereocenters. The van der Waals surface area contributed by atoms with Crippen molar-refractivity contribution in [3.8, 4) is 10.8 Å². The van der Waals surface area contributed by atoms with Crippen LogP contribution in [0.25, 0.3) is 10.8 Å². The fraction of sp³-hybridized carbons (Fsp3) is 0. The van der Waals surface area contributed by atoms with Crippen molar-refractivity contribution >= 4 is 22.3 Å². The fourth-order valence-corrected chi connectivity index (χ4v) is 1.62. The van der Waals surface area contributed by atoms with Gasteiger partial charge in [-0.15, -0.1) is 0 Å². The van der Waals surface area contributed by atoms with Crippen molar-refractivity contribution in [3.05, 3.63) is 22.2 Å². The van der Waals surface area contributed by atoms with E-state index in [2.05, 4.69) is 10.1 Å². The molecule has 72 valence electrons. The Hall–Kier alpha value is -1.96. The summed E-state index contributed by atoms with van der Waals surface area (Å²) >= 11 is 0.957. The average molecular weight is 212 g/mol. The fourth-order valence-electron chi connectivity index (χ4n) is 0.876. The minimum absolute atomic E-state index is 0.0102. The third-order valence-electron chi connectivity index (χ3n) is 1.42. The minimum atomic E-state index is -0.478. The summed E-state index contributed by atoms with van der Waals surface area (Å²) in [6, 6.07) is 2.91. The molecule has 14 heavy (non-hydrogen) atoms. The van der Waals surface area contributed by atoms with Gasteiger partial charge >= 0.3 is 5.00 Å². The van der Waals surface area contributed by atoms with E-state index in [1.807, 2.05) is 0 Å². The zero-order valence-electron chi connectivity index (χ0n) is 6.71. The summed E-state index contributed by atoms with van der Waals surface area (Å²) in [5.41, 5.74) is 5.24. The zero-order chi connectivity index (χ0) is 10.1. The normalized spacial score (nSPS) is 10.3. The summed E-state index contributed by atoms with van der Waals surface area (Å²) in [5.74, 6) is 0.205. The Balaban J connectivity index is 2.38. The van der Waals surface area contributed by atoms with Gasteiger partial charge in [-0.1, -0.05) is 11.3 Å². The van der Waals surface area contributed by atoms with Crippen molar-refractivity contribution in [2.45, 2.75) is 0 Å². The molecule has 0 aliphatic heterocycles. The van der Waals surface area contributed by atoms with Crippen molar-refractivity contribution in [2.24, 2.45) is 0 Å². The van der Waals surface area contributed by atoms with Gasteiger partial charge in [0.25, 0.3) is 11.8 Å². The Bertz CT molecular complexity index is 477. The van der Waals surface area contributed by atoms with Crippen LogP contribution in [0, 0.1) is 10.1 Å². The maximum atomic E-state index is 10.4. The molecule has 0 aliphatic carbocycles. The second-order valence-corrected chi connectivity index (χ2v) is 3.41. The molecule has 2 aromatic heterocycles. The van der Waals surface area contributed by atoms with E-state index in [0.29, 0.717) is 4.88 Å². The topological polar surface area (TPSA) is 108 Å². The lowest BCUT2D eigenvalue weighted by molar-refractivity contribution is -0.380. The highest BCUT2D eigenvalue weighted by Crippen LogP contribution is 2.31. The first-order valence-electron chi connectivity index (χ1n) is 3.50. The zero-order valence-corrected chi connectivity index (χ0v) is 7.52. The van der Waals surface area contributed by atoms with E-state index in [0.717, 1.165) is 11.3 Å². The van der Waals surface area contributed by atoms with E-state index in [4.69, 9.17) is 10.3 Å². The number of thiophene rings is 1. The summed E-state index contributed by atoms with van der Waals surface area (Å²) in [6.45, 7) is 0. The molecule has 2 aromatic rings. The highest BCUT2D eigenvalue weighted by atomic mass is 32.1. The number of aromatic nitrogens is 2. The van der Waals surface area contributed by atoms with Crippen LogP contribution < -0.4 is 5.73 Å². The van der Waals surface area contributed by atoms with Crippen LogP contribution in [0.3, 0.4) is 0 Å². The van der Waals surface area contributed by atoms with Gasteiger partial charge in [-0.3, -0.25) is 10.1 Å². The highest BCUT2D eigenvalue weighted by Gasteiger charge is 2.15. The lowest BCUT2D eigenvalue weighted by Crippen LogP contribution is -1.84. The number of anilines is 1. The van der Waals surface area contributed by atoms with Crippen molar-refractivity contribution in [3.63, 3.8) is 0 Å². The molecule has 2 N–H and O–H groups in total. The summed E-state index contributed by atoms with van der Waals surface area (Å²) < 4.78 is 4.75. The number of nitrogens with two attached hydrogens (primary N) is 1. The molecular formula is C6H4N4O3S. The first-order chi connectivity index (χ1) is 6.66. The van der Waals surface area contributed by atoms with Gasteiger partial charge < -0.3 is 10.3 Å². The van der Waals surface area contributed by atoms with Crippen molar-refractivity contribution in [1.29, 1.82) is 0 Å². The third kappa shape index (κ3) is 1.42. The third-order valence-corrected chi connectivity index (χ3v) is 2.45. The van der Waals surface area contributed by atoms with Gasteiger partial charge in [0, 0.05) is 6.07 Å². The van der Waals surface area contributed by atoms with E-state index in [1.54, 1.807) is 0 Å². The van der Waals surface area contributed by atoms with Gasteiger partial charge in [0.15, 0.2) is 0 Å². The number of nitrogen functional groups attached to an aromatic ring is 1. The maximum absolute atomic E-state index is 10.4. The van der Waals surface area contributed by atoms with Crippen LogP contribution in [0.1, 0.15) is 0 Å². The van der Waals surface area contributed by atoms with Crippen LogP contribution in [0.5, 0.6) is 0 Å². The molecule has 0 saturated carbocycles. The predicted molar refractivity (Wildman–Crippen MR) is 48.7 cm³/mol. The van der Waals surface area contributed by atoms with E-state index < -0.39 is 4.92 Å². The molecule has 0 aromatic carbocycles. The van der Waals surface area contributed by atoms with Crippen molar-refractivity contribution in [1.82, 2.24) is 10.1 Å². The predicted octanol–water partition coefficient (Wildman–Crippen LogP) is 1.29. The number of hydrogen-bond donors (Lipinski definition) is 1. The molecular weight excluding hydrogens is 208 g/mol. The van der Waals surface area contributed by atoms with Gasteiger partial charge in [-0.2, -0.15) is 4.98 Å². The monoisotopic (exact) mass is 212 g/mol. The Kier molecular flexibility index (Phi) is 1.89. The molecule has 0 unspecified atom stereocenters. The number of nitro groups is 1. The van der Waals surface area contributed by atoms with Gasteiger partial charge in [-0.05, 0) is 11.2 Å². The van der Waals surface area contributed by atoms with Crippen LogP contribution >= 0.6 is 11.3 Å². The molecule has 0 aliphatic rings. The van der Waals surface area contributed by atoms with Crippen LogP contribution in [-0.2, 0) is 0 Å². The lowest BCUT2D eigenvalue weighted by atomic mass is 10.5. The molecule has 0 bridgehead atoms. The van der Waals surface area contributed by atoms with Crippen LogP contribution in [-0.4, -0.2) is 15.1 Å².